The Bertz CT molecular complexity index is 420. The van der Waals surface area contributed by atoms with Crippen molar-refractivity contribution < 1.29 is 0 Å². The zero-order valence-electron chi connectivity index (χ0n) is 16.8. The summed E-state index contributed by atoms with van der Waals surface area (Å²) in [6.45, 7) is 28.5. The van der Waals surface area contributed by atoms with Crippen molar-refractivity contribution in [3.05, 3.63) is 60.8 Å². The molecule has 0 unspecified atom stereocenters. The quantitative estimate of drug-likeness (QED) is 0.458. The van der Waals surface area contributed by atoms with Crippen LogP contribution in [0.3, 0.4) is 0 Å². The van der Waals surface area contributed by atoms with Crippen molar-refractivity contribution in [2.45, 2.75) is 79.1 Å². The van der Waals surface area contributed by atoms with E-state index in [1.165, 1.54) is 51.4 Å². The van der Waals surface area contributed by atoms with E-state index in [1.54, 1.807) is 0 Å². The summed E-state index contributed by atoms with van der Waals surface area (Å²) in [5.41, 5.74) is 4.73. The number of hydrogen-bond acceptors (Lipinski definition) is 0. The van der Waals surface area contributed by atoms with Crippen LogP contribution >= 0.6 is 0 Å². The molecule has 0 bridgehead atoms. The van der Waals surface area contributed by atoms with Crippen molar-refractivity contribution in [2.24, 2.45) is 11.8 Å². The predicted molar refractivity (Wildman–Crippen MR) is 112 cm³/mol. The van der Waals surface area contributed by atoms with Gasteiger partial charge in [-0.2, -0.15) is 0 Å². The van der Waals surface area contributed by atoms with Crippen molar-refractivity contribution in [3.63, 3.8) is 0 Å². The van der Waals surface area contributed by atoms with Crippen LogP contribution in [-0.4, -0.2) is 0 Å². The van der Waals surface area contributed by atoms with Crippen molar-refractivity contribution in [1.82, 2.24) is 0 Å². The third kappa shape index (κ3) is 7.51. The highest BCUT2D eigenvalue weighted by atomic mass is 14.3. The van der Waals surface area contributed by atoms with E-state index < -0.39 is 0 Å². The molecule has 0 aromatic rings. The second-order valence-corrected chi connectivity index (χ2v) is 7.30. The summed E-state index contributed by atoms with van der Waals surface area (Å²) in [7, 11) is 0. The van der Waals surface area contributed by atoms with Gasteiger partial charge in [0.1, 0.15) is 0 Å². The Labute approximate surface area is 152 Å². The largest absolute Gasteiger partial charge is 0.0946 e. The van der Waals surface area contributed by atoms with Crippen LogP contribution in [0.5, 0.6) is 0 Å². The van der Waals surface area contributed by atoms with E-state index in [2.05, 4.69) is 60.6 Å². The molecule has 2 aliphatic rings. The molecule has 0 heteroatoms. The van der Waals surface area contributed by atoms with Gasteiger partial charge in [0.2, 0.25) is 0 Å². The third-order valence-corrected chi connectivity index (χ3v) is 5.15. The first-order valence-corrected chi connectivity index (χ1v) is 9.73. The van der Waals surface area contributed by atoms with Gasteiger partial charge >= 0.3 is 0 Å². The van der Waals surface area contributed by atoms with E-state index in [0.717, 1.165) is 33.8 Å². The van der Waals surface area contributed by atoms with Crippen molar-refractivity contribution in [1.29, 1.82) is 0 Å². The molecule has 0 amide bonds. The molecule has 2 aliphatic carbocycles. The van der Waals surface area contributed by atoms with Crippen molar-refractivity contribution >= 4 is 0 Å². The minimum absolute atomic E-state index is 0.260. The maximum absolute atomic E-state index is 3.95. The SMILES string of the molecule is C=C1C(=C)C(=C)C(C)C(=C)C1=C.CC1CCCC1.CCCCCC. The lowest BCUT2D eigenvalue weighted by molar-refractivity contribution is 0.612. The van der Waals surface area contributed by atoms with E-state index in [0.29, 0.717) is 0 Å². The van der Waals surface area contributed by atoms with Gasteiger partial charge in [0.15, 0.2) is 0 Å². The molecule has 0 aromatic heterocycles. The van der Waals surface area contributed by atoms with Crippen LogP contribution in [0, 0.1) is 11.8 Å². The summed E-state index contributed by atoms with van der Waals surface area (Å²) in [5, 5.41) is 0. The summed E-state index contributed by atoms with van der Waals surface area (Å²) < 4.78 is 0. The number of rotatable bonds is 3. The first kappa shape index (κ1) is 22.7. The maximum atomic E-state index is 3.95. The van der Waals surface area contributed by atoms with Crippen LogP contribution in [0.1, 0.15) is 79.1 Å². The van der Waals surface area contributed by atoms with Crippen LogP contribution in [0.4, 0.5) is 0 Å². The van der Waals surface area contributed by atoms with Crippen molar-refractivity contribution in [2.75, 3.05) is 0 Å². The fraction of sp³-hybridized carbons (Fsp3) is 0.583. The Morgan fingerprint density at radius 3 is 1.33 bits per heavy atom. The number of hydrogen-bond donors (Lipinski definition) is 0. The molecule has 0 radical (unpaired) electrons. The monoisotopic (exact) mass is 328 g/mol. The van der Waals surface area contributed by atoms with E-state index in [9.17, 15) is 0 Å². The van der Waals surface area contributed by atoms with Gasteiger partial charge in [-0.1, -0.05) is 112 Å². The smallest absolute Gasteiger partial charge is 0.00611 e. The molecular weight excluding hydrogens is 288 g/mol. The molecule has 0 spiro atoms. The lowest BCUT2D eigenvalue weighted by atomic mass is 9.75. The molecule has 0 atom stereocenters. The average Bonchev–Trinajstić information content (AvgIpc) is 3.06. The Kier molecular flexibility index (Phi) is 11.5. The molecular formula is C24H40. The molecule has 0 heterocycles. The molecule has 0 nitrogen and oxygen atoms in total. The third-order valence-electron chi connectivity index (χ3n) is 5.15. The highest BCUT2D eigenvalue weighted by Crippen LogP contribution is 2.40. The van der Waals surface area contributed by atoms with Crippen LogP contribution in [-0.2, 0) is 0 Å². The Balaban J connectivity index is 0.000000371. The summed E-state index contributed by atoms with van der Waals surface area (Å²) >= 11 is 0. The van der Waals surface area contributed by atoms with Crippen LogP contribution in [0.15, 0.2) is 60.8 Å². The molecule has 0 N–H and O–H groups in total. The summed E-state index contributed by atoms with van der Waals surface area (Å²) in [6.07, 6.45) is 11.5. The van der Waals surface area contributed by atoms with Gasteiger partial charge in [0.05, 0.1) is 0 Å². The van der Waals surface area contributed by atoms with Gasteiger partial charge in [-0.05, 0) is 33.8 Å². The Morgan fingerprint density at radius 2 is 1.08 bits per heavy atom. The van der Waals surface area contributed by atoms with E-state index in [-0.39, 0.29) is 5.92 Å². The highest BCUT2D eigenvalue weighted by molar-refractivity contribution is 5.65. The van der Waals surface area contributed by atoms with Gasteiger partial charge in [0, 0.05) is 5.92 Å². The minimum Gasteiger partial charge on any atom is -0.0946 e. The topological polar surface area (TPSA) is 0 Å². The molecule has 0 aliphatic heterocycles. The van der Waals surface area contributed by atoms with E-state index in [1.807, 2.05) is 0 Å². The standard InChI is InChI=1S/C12H14.C6H12.C6H14/c1-7-8(2)10(4)12(6)11(5)9(7)3;1-6-4-2-3-5-6;1-3-5-6-4-2/h12H,1-5H2,6H3;6H,2-5H2,1H3;3-6H2,1-2H3. The molecule has 0 saturated heterocycles. The number of unbranched alkanes of at least 4 members (excludes halogenated alkanes) is 3. The van der Waals surface area contributed by atoms with E-state index >= 15 is 0 Å². The summed E-state index contributed by atoms with van der Waals surface area (Å²) in [4.78, 5) is 0. The molecule has 2 rings (SSSR count). The fourth-order valence-electron chi connectivity index (χ4n) is 2.93. The van der Waals surface area contributed by atoms with Crippen LogP contribution in [0.25, 0.3) is 0 Å². The molecule has 0 aromatic carbocycles. The Morgan fingerprint density at radius 1 is 0.708 bits per heavy atom. The van der Waals surface area contributed by atoms with Gasteiger partial charge in [-0.15, -0.1) is 0 Å². The first-order valence-electron chi connectivity index (χ1n) is 9.73. The van der Waals surface area contributed by atoms with E-state index in [4.69, 9.17) is 0 Å². The second-order valence-electron chi connectivity index (χ2n) is 7.30. The van der Waals surface area contributed by atoms with Gasteiger partial charge in [-0.25, -0.2) is 0 Å². The van der Waals surface area contributed by atoms with Crippen LogP contribution < -0.4 is 0 Å². The lowest BCUT2D eigenvalue weighted by Crippen LogP contribution is -2.14. The van der Waals surface area contributed by atoms with Gasteiger partial charge < -0.3 is 0 Å². The summed E-state index contributed by atoms with van der Waals surface area (Å²) in [6, 6.07) is 0. The minimum atomic E-state index is 0.260. The zero-order chi connectivity index (χ0) is 18.7. The number of allylic oxidation sites excluding steroid dienone is 5. The molecule has 136 valence electrons. The molecule has 24 heavy (non-hydrogen) atoms. The highest BCUT2D eigenvalue weighted by Gasteiger charge is 2.24. The van der Waals surface area contributed by atoms with Gasteiger partial charge in [0.25, 0.3) is 0 Å². The lowest BCUT2D eigenvalue weighted by Gasteiger charge is -2.29. The Hall–Kier alpha value is -1.30. The van der Waals surface area contributed by atoms with Crippen molar-refractivity contribution in [3.8, 4) is 0 Å². The predicted octanol–water partition coefficient (Wildman–Crippen LogP) is 8.20. The normalized spacial score (nSPS) is 18.9. The zero-order valence-corrected chi connectivity index (χ0v) is 16.8. The molecule has 2 fully saturated rings. The second kappa shape index (κ2) is 12.1. The maximum Gasteiger partial charge on any atom is 0.00611 e. The van der Waals surface area contributed by atoms with Gasteiger partial charge in [-0.3, -0.25) is 0 Å². The molecule has 2 saturated carbocycles. The average molecular weight is 329 g/mol. The first-order chi connectivity index (χ1) is 11.3. The fourth-order valence-corrected chi connectivity index (χ4v) is 2.93. The summed E-state index contributed by atoms with van der Waals surface area (Å²) in [5.74, 6) is 1.31. The van der Waals surface area contributed by atoms with Crippen LogP contribution in [0.2, 0.25) is 0 Å².